The van der Waals surface area contributed by atoms with E-state index in [-0.39, 0.29) is 17.1 Å². The van der Waals surface area contributed by atoms with Crippen molar-refractivity contribution in [2.75, 3.05) is 20.8 Å². The van der Waals surface area contributed by atoms with Crippen molar-refractivity contribution in [3.63, 3.8) is 0 Å². The molecule has 1 atom stereocenters. The molecule has 3 aromatic carbocycles. The Morgan fingerprint density at radius 2 is 1.56 bits per heavy atom. The molecule has 0 aliphatic carbocycles. The summed E-state index contributed by atoms with van der Waals surface area (Å²) in [6, 6.07) is 19.9. The Hall–Kier alpha value is -3.58. The van der Waals surface area contributed by atoms with Crippen LogP contribution in [-0.4, -0.2) is 31.6 Å². The lowest BCUT2D eigenvalue weighted by molar-refractivity contribution is 0.0730. The maximum Gasteiger partial charge on any atom is 0.290 e. The van der Waals surface area contributed by atoms with Gasteiger partial charge in [0.1, 0.15) is 17.1 Å². The van der Waals surface area contributed by atoms with Crippen LogP contribution in [0.5, 0.6) is 11.5 Å². The number of benzene rings is 3. The Morgan fingerprint density at radius 3 is 2.21 bits per heavy atom. The van der Waals surface area contributed by atoms with Crippen molar-refractivity contribution in [1.82, 2.24) is 4.90 Å². The van der Waals surface area contributed by atoms with Gasteiger partial charge in [-0.15, -0.1) is 0 Å². The lowest BCUT2D eigenvalue weighted by atomic mass is 9.98. The second-order valence-corrected chi connectivity index (χ2v) is 9.00. The van der Waals surface area contributed by atoms with Crippen molar-refractivity contribution < 1.29 is 18.7 Å². The number of carbonyl (C=O) groups excluding carboxylic acids is 1. The monoisotopic (exact) mass is 519 g/mol. The van der Waals surface area contributed by atoms with Gasteiger partial charge in [0.15, 0.2) is 5.43 Å². The smallest absolute Gasteiger partial charge is 0.290 e. The predicted octanol–water partition coefficient (Wildman–Crippen LogP) is 5.36. The molecule has 0 fully saturated rings. The number of methoxy groups -OCH3 is 2. The first-order valence-electron chi connectivity index (χ1n) is 10.8. The van der Waals surface area contributed by atoms with Gasteiger partial charge in [-0.05, 0) is 60.0 Å². The average Bonchev–Trinajstić information content (AvgIpc) is 3.15. The maximum atomic E-state index is 13.6. The first-order chi connectivity index (χ1) is 16.5. The van der Waals surface area contributed by atoms with Gasteiger partial charge < -0.3 is 18.8 Å². The third-order valence-electron chi connectivity index (χ3n) is 6.16. The van der Waals surface area contributed by atoms with E-state index in [0.29, 0.717) is 35.2 Å². The molecule has 1 unspecified atom stereocenters. The summed E-state index contributed by atoms with van der Waals surface area (Å²) < 4.78 is 17.3. The SMILES string of the molecule is COc1ccc(CCN2C(=O)c3oc4ccc(Br)cc4c(=O)c3C2c2ccc(OC)cc2)cc1. The third kappa shape index (κ3) is 3.86. The van der Waals surface area contributed by atoms with E-state index in [4.69, 9.17) is 13.9 Å². The van der Waals surface area contributed by atoms with Crippen LogP contribution in [0, 0.1) is 0 Å². The van der Waals surface area contributed by atoms with Gasteiger partial charge in [-0.3, -0.25) is 9.59 Å². The lowest BCUT2D eigenvalue weighted by Crippen LogP contribution is -2.31. The van der Waals surface area contributed by atoms with E-state index in [1.165, 1.54) is 0 Å². The predicted molar refractivity (Wildman–Crippen MR) is 133 cm³/mol. The molecule has 0 saturated heterocycles. The molecule has 0 N–H and O–H groups in total. The standard InChI is InChI=1S/C27H22BrNO5/c1-32-19-8-3-16(4-9-19)13-14-29-24(17-5-10-20(33-2)11-6-17)23-25(30)21-15-18(28)7-12-22(21)34-26(23)27(29)31/h3-12,15,24H,13-14H2,1-2H3. The number of ether oxygens (including phenoxy) is 2. The normalized spacial score (nSPS) is 15.0. The van der Waals surface area contributed by atoms with Crippen molar-refractivity contribution in [1.29, 1.82) is 0 Å². The summed E-state index contributed by atoms with van der Waals surface area (Å²) in [6.07, 6.45) is 0.621. The van der Waals surface area contributed by atoms with Crippen LogP contribution in [-0.2, 0) is 6.42 Å². The van der Waals surface area contributed by atoms with E-state index in [1.807, 2.05) is 48.5 Å². The molecule has 1 aromatic heterocycles. The van der Waals surface area contributed by atoms with E-state index < -0.39 is 6.04 Å². The van der Waals surface area contributed by atoms with Gasteiger partial charge in [0.25, 0.3) is 5.91 Å². The highest BCUT2D eigenvalue weighted by Gasteiger charge is 2.42. The van der Waals surface area contributed by atoms with Crippen molar-refractivity contribution in [2.45, 2.75) is 12.5 Å². The molecule has 0 radical (unpaired) electrons. The van der Waals surface area contributed by atoms with Crippen LogP contribution in [0.4, 0.5) is 0 Å². The van der Waals surface area contributed by atoms with Crippen molar-refractivity contribution >= 4 is 32.8 Å². The van der Waals surface area contributed by atoms with Gasteiger partial charge in [-0.1, -0.05) is 40.2 Å². The molecule has 2 heterocycles. The zero-order chi connectivity index (χ0) is 23.8. The molecule has 1 aliphatic heterocycles. The highest BCUT2D eigenvalue weighted by molar-refractivity contribution is 9.10. The molecule has 5 rings (SSSR count). The van der Waals surface area contributed by atoms with Crippen LogP contribution in [0.1, 0.15) is 33.3 Å². The van der Waals surface area contributed by atoms with E-state index in [9.17, 15) is 9.59 Å². The zero-order valence-corrected chi connectivity index (χ0v) is 20.3. The van der Waals surface area contributed by atoms with Gasteiger partial charge in [0, 0.05) is 11.0 Å². The van der Waals surface area contributed by atoms with Gasteiger partial charge in [-0.2, -0.15) is 0 Å². The van der Waals surface area contributed by atoms with Crippen LogP contribution in [0.3, 0.4) is 0 Å². The number of amides is 1. The summed E-state index contributed by atoms with van der Waals surface area (Å²) in [7, 11) is 3.23. The summed E-state index contributed by atoms with van der Waals surface area (Å²) in [5.74, 6) is 1.30. The quantitative estimate of drug-likeness (QED) is 0.343. The van der Waals surface area contributed by atoms with Crippen LogP contribution in [0.25, 0.3) is 11.0 Å². The first-order valence-corrected chi connectivity index (χ1v) is 11.6. The summed E-state index contributed by atoms with van der Waals surface area (Å²) in [5.41, 5.74) is 2.45. The molecule has 172 valence electrons. The summed E-state index contributed by atoms with van der Waals surface area (Å²) in [6.45, 7) is 0.422. The third-order valence-corrected chi connectivity index (χ3v) is 6.65. The minimum Gasteiger partial charge on any atom is -0.497 e. The highest BCUT2D eigenvalue weighted by atomic mass is 79.9. The molecule has 0 saturated carbocycles. The number of halogens is 1. The highest BCUT2D eigenvalue weighted by Crippen LogP contribution is 2.39. The summed E-state index contributed by atoms with van der Waals surface area (Å²) in [5, 5.41) is 0.441. The summed E-state index contributed by atoms with van der Waals surface area (Å²) >= 11 is 3.43. The van der Waals surface area contributed by atoms with Crippen molar-refractivity contribution in [3.8, 4) is 11.5 Å². The topological polar surface area (TPSA) is 69.0 Å². The van der Waals surface area contributed by atoms with Crippen molar-refractivity contribution in [2.24, 2.45) is 0 Å². The largest absolute Gasteiger partial charge is 0.497 e. The number of fused-ring (bicyclic) bond motifs is 2. The molecule has 1 aliphatic rings. The fraction of sp³-hybridized carbons (Fsp3) is 0.185. The molecule has 4 aromatic rings. The van der Waals surface area contributed by atoms with Gasteiger partial charge in [0.2, 0.25) is 5.76 Å². The lowest BCUT2D eigenvalue weighted by Gasteiger charge is -2.25. The molecule has 6 nitrogen and oxygen atoms in total. The Morgan fingerprint density at radius 1 is 0.912 bits per heavy atom. The van der Waals surface area contributed by atoms with Crippen LogP contribution in [0.15, 0.2) is 80.4 Å². The molecule has 34 heavy (non-hydrogen) atoms. The first kappa shape index (κ1) is 22.2. The van der Waals surface area contributed by atoms with E-state index in [1.54, 1.807) is 37.3 Å². The number of carbonyl (C=O) groups is 1. The summed E-state index contributed by atoms with van der Waals surface area (Å²) in [4.78, 5) is 28.9. The Labute approximate surface area is 204 Å². The minimum atomic E-state index is -0.550. The maximum absolute atomic E-state index is 13.6. The Bertz CT molecular complexity index is 1430. The Kier molecular flexibility index (Phi) is 5.87. The minimum absolute atomic E-state index is 0.107. The average molecular weight is 520 g/mol. The van der Waals surface area contributed by atoms with Crippen molar-refractivity contribution in [3.05, 3.63) is 104 Å². The second-order valence-electron chi connectivity index (χ2n) is 8.09. The number of hydrogen-bond acceptors (Lipinski definition) is 5. The number of nitrogens with zero attached hydrogens (tertiary/aromatic N) is 1. The number of rotatable bonds is 6. The van der Waals surface area contributed by atoms with Gasteiger partial charge >= 0.3 is 0 Å². The molecule has 0 spiro atoms. The molecule has 1 amide bonds. The van der Waals surface area contributed by atoms with Gasteiger partial charge in [-0.25, -0.2) is 0 Å². The van der Waals surface area contributed by atoms with E-state index >= 15 is 0 Å². The molecule has 7 heteroatoms. The molecular formula is C27H22BrNO5. The second kappa shape index (κ2) is 8.99. The van der Waals surface area contributed by atoms with E-state index in [2.05, 4.69) is 15.9 Å². The fourth-order valence-electron chi connectivity index (χ4n) is 4.40. The molecule has 0 bridgehead atoms. The molecular weight excluding hydrogens is 498 g/mol. The van der Waals surface area contributed by atoms with Gasteiger partial charge in [0.05, 0.1) is 31.2 Å². The fourth-order valence-corrected chi connectivity index (χ4v) is 4.76. The Balaban J connectivity index is 1.59. The number of hydrogen-bond donors (Lipinski definition) is 0. The van der Waals surface area contributed by atoms with E-state index in [0.717, 1.165) is 21.3 Å². The zero-order valence-electron chi connectivity index (χ0n) is 18.7. The van der Waals surface area contributed by atoms with Crippen LogP contribution in [0.2, 0.25) is 0 Å². The van der Waals surface area contributed by atoms with Crippen LogP contribution >= 0.6 is 15.9 Å². The van der Waals surface area contributed by atoms with Crippen LogP contribution < -0.4 is 14.9 Å².